The first-order chi connectivity index (χ1) is 11.6. The Labute approximate surface area is 142 Å². The van der Waals surface area contributed by atoms with Crippen LogP contribution in [0.15, 0.2) is 48.5 Å². The molecule has 0 aliphatic carbocycles. The van der Waals surface area contributed by atoms with Crippen molar-refractivity contribution in [3.8, 4) is 0 Å². The van der Waals surface area contributed by atoms with Gasteiger partial charge in [-0.05, 0) is 29.2 Å². The van der Waals surface area contributed by atoms with Crippen LogP contribution in [0.1, 0.15) is 28.4 Å². The molecular weight excluding hydrogens is 304 g/mol. The maximum atomic E-state index is 11.9. The standard InChI is InChI=1S/C19H24N2O3/c1-14-6-3-4-9-17(14)18(22)12-21-19(23)20-11-15-7-5-8-16(10-15)13-24-2/h3-10,18,22H,11-13H2,1-2H3,(H2,20,21,23)/t18-/m0/s1. The van der Waals surface area contributed by atoms with Gasteiger partial charge in [0.15, 0.2) is 0 Å². The van der Waals surface area contributed by atoms with Crippen molar-refractivity contribution in [3.63, 3.8) is 0 Å². The summed E-state index contributed by atoms with van der Waals surface area (Å²) < 4.78 is 5.10. The van der Waals surface area contributed by atoms with Crippen molar-refractivity contribution in [2.75, 3.05) is 13.7 Å². The van der Waals surface area contributed by atoms with Crippen LogP contribution >= 0.6 is 0 Å². The number of methoxy groups -OCH3 is 1. The number of benzene rings is 2. The van der Waals surface area contributed by atoms with E-state index in [4.69, 9.17) is 4.74 Å². The minimum absolute atomic E-state index is 0.167. The van der Waals surface area contributed by atoms with Crippen molar-refractivity contribution >= 4 is 6.03 Å². The Balaban J connectivity index is 1.79. The molecular formula is C19H24N2O3. The van der Waals surface area contributed by atoms with Crippen LogP contribution in [0.5, 0.6) is 0 Å². The summed E-state index contributed by atoms with van der Waals surface area (Å²) in [5.74, 6) is 0. The fraction of sp³-hybridized carbons (Fsp3) is 0.316. The Hall–Kier alpha value is -2.37. The molecule has 0 aliphatic heterocycles. The third kappa shape index (κ3) is 5.37. The lowest BCUT2D eigenvalue weighted by Crippen LogP contribution is -2.37. The zero-order valence-electron chi connectivity index (χ0n) is 14.1. The van der Waals surface area contributed by atoms with Gasteiger partial charge in [0.1, 0.15) is 0 Å². The largest absolute Gasteiger partial charge is 0.387 e. The molecule has 0 aromatic heterocycles. The molecule has 0 radical (unpaired) electrons. The summed E-state index contributed by atoms with van der Waals surface area (Å²) >= 11 is 0. The fourth-order valence-corrected chi connectivity index (χ4v) is 2.50. The molecule has 1 atom stereocenters. The van der Waals surface area contributed by atoms with Gasteiger partial charge in [0, 0.05) is 20.2 Å². The molecule has 2 aromatic carbocycles. The van der Waals surface area contributed by atoms with Gasteiger partial charge in [-0.1, -0.05) is 48.5 Å². The Morgan fingerprint density at radius 2 is 1.88 bits per heavy atom. The van der Waals surface area contributed by atoms with Gasteiger partial charge in [0.05, 0.1) is 12.7 Å². The normalized spacial score (nSPS) is 11.8. The Kier molecular flexibility index (Phi) is 6.78. The number of aryl methyl sites for hydroxylation is 1. The van der Waals surface area contributed by atoms with E-state index in [2.05, 4.69) is 10.6 Å². The highest BCUT2D eigenvalue weighted by atomic mass is 16.5. The van der Waals surface area contributed by atoms with Gasteiger partial charge in [0.2, 0.25) is 0 Å². The first-order valence-corrected chi connectivity index (χ1v) is 7.92. The van der Waals surface area contributed by atoms with E-state index in [9.17, 15) is 9.90 Å². The second kappa shape index (κ2) is 9.05. The summed E-state index contributed by atoms with van der Waals surface area (Å²) in [6, 6.07) is 15.1. The van der Waals surface area contributed by atoms with E-state index in [1.807, 2.05) is 55.5 Å². The quantitative estimate of drug-likeness (QED) is 0.732. The summed E-state index contributed by atoms with van der Waals surface area (Å²) in [5, 5.41) is 15.7. The maximum absolute atomic E-state index is 11.9. The lowest BCUT2D eigenvalue weighted by Gasteiger charge is -2.15. The van der Waals surface area contributed by atoms with Crippen molar-refractivity contribution in [2.45, 2.75) is 26.2 Å². The average molecular weight is 328 g/mol. The minimum Gasteiger partial charge on any atom is -0.387 e. The molecule has 2 amide bonds. The second-order valence-electron chi connectivity index (χ2n) is 5.69. The minimum atomic E-state index is -0.720. The molecule has 24 heavy (non-hydrogen) atoms. The van der Waals surface area contributed by atoms with Crippen molar-refractivity contribution in [1.29, 1.82) is 0 Å². The highest BCUT2D eigenvalue weighted by molar-refractivity contribution is 5.73. The van der Waals surface area contributed by atoms with Crippen LogP contribution in [0.4, 0.5) is 4.79 Å². The highest BCUT2D eigenvalue weighted by Crippen LogP contribution is 2.16. The Bertz CT molecular complexity index is 673. The molecule has 5 heteroatoms. The molecule has 0 fully saturated rings. The van der Waals surface area contributed by atoms with E-state index in [0.717, 1.165) is 22.3 Å². The van der Waals surface area contributed by atoms with Gasteiger partial charge in [0.25, 0.3) is 0 Å². The fourth-order valence-electron chi connectivity index (χ4n) is 2.50. The summed E-state index contributed by atoms with van der Waals surface area (Å²) in [5.41, 5.74) is 3.89. The number of carbonyl (C=O) groups is 1. The third-order valence-corrected chi connectivity index (χ3v) is 3.76. The smallest absolute Gasteiger partial charge is 0.315 e. The summed E-state index contributed by atoms with van der Waals surface area (Å²) in [4.78, 5) is 11.9. The zero-order valence-corrected chi connectivity index (χ0v) is 14.1. The number of ether oxygens (including phenoxy) is 1. The topological polar surface area (TPSA) is 70.6 Å². The summed E-state index contributed by atoms with van der Waals surface area (Å²) in [7, 11) is 1.65. The van der Waals surface area contributed by atoms with E-state index in [-0.39, 0.29) is 12.6 Å². The van der Waals surface area contributed by atoms with E-state index in [0.29, 0.717) is 13.2 Å². The van der Waals surface area contributed by atoms with Crippen LogP contribution in [0.3, 0.4) is 0 Å². The molecule has 128 valence electrons. The number of amides is 2. The highest BCUT2D eigenvalue weighted by Gasteiger charge is 2.11. The zero-order chi connectivity index (χ0) is 17.4. The predicted octanol–water partition coefficient (Wildman–Crippen LogP) is 2.67. The molecule has 0 saturated heterocycles. The van der Waals surface area contributed by atoms with Crippen molar-refractivity contribution in [1.82, 2.24) is 10.6 Å². The van der Waals surface area contributed by atoms with E-state index >= 15 is 0 Å². The first kappa shape index (κ1) is 18.0. The van der Waals surface area contributed by atoms with Gasteiger partial charge in [-0.15, -0.1) is 0 Å². The predicted molar refractivity (Wildman–Crippen MR) is 93.5 cm³/mol. The van der Waals surface area contributed by atoms with Crippen LogP contribution in [-0.4, -0.2) is 24.8 Å². The number of hydrogen-bond donors (Lipinski definition) is 3. The van der Waals surface area contributed by atoms with Gasteiger partial charge in [-0.25, -0.2) is 4.79 Å². The van der Waals surface area contributed by atoms with Crippen LogP contribution in [0, 0.1) is 6.92 Å². The van der Waals surface area contributed by atoms with Crippen molar-refractivity contribution in [2.24, 2.45) is 0 Å². The SMILES string of the molecule is COCc1cccc(CNC(=O)NC[C@H](O)c2ccccc2C)c1. The number of carbonyl (C=O) groups excluding carboxylic acids is 1. The summed E-state index contributed by atoms with van der Waals surface area (Å²) in [6.07, 6.45) is -0.720. The molecule has 3 N–H and O–H groups in total. The van der Waals surface area contributed by atoms with Crippen molar-refractivity contribution in [3.05, 3.63) is 70.8 Å². The lowest BCUT2D eigenvalue weighted by atomic mass is 10.0. The number of hydrogen-bond acceptors (Lipinski definition) is 3. The molecule has 0 heterocycles. The van der Waals surface area contributed by atoms with Gasteiger partial charge >= 0.3 is 6.03 Å². The number of rotatable bonds is 7. The third-order valence-electron chi connectivity index (χ3n) is 3.76. The number of aliphatic hydroxyl groups excluding tert-OH is 1. The Morgan fingerprint density at radius 1 is 1.12 bits per heavy atom. The number of aliphatic hydroxyl groups is 1. The van der Waals surface area contributed by atoms with E-state index in [1.54, 1.807) is 7.11 Å². The molecule has 0 unspecified atom stereocenters. The molecule has 0 bridgehead atoms. The van der Waals surface area contributed by atoms with Crippen molar-refractivity contribution < 1.29 is 14.6 Å². The number of nitrogens with one attached hydrogen (secondary N) is 2. The van der Waals surface area contributed by atoms with Gasteiger partial charge in [-0.2, -0.15) is 0 Å². The van der Waals surface area contributed by atoms with Crippen LogP contribution in [-0.2, 0) is 17.9 Å². The van der Waals surface area contributed by atoms with Crippen LogP contribution in [0.2, 0.25) is 0 Å². The Morgan fingerprint density at radius 3 is 2.62 bits per heavy atom. The molecule has 5 nitrogen and oxygen atoms in total. The summed E-state index contributed by atoms with van der Waals surface area (Å²) in [6.45, 7) is 3.07. The first-order valence-electron chi connectivity index (χ1n) is 7.92. The van der Waals surface area contributed by atoms with E-state index < -0.39 is 6.10 Å². The van der Waals surface area contributed by atoms with Crippen LogP contribution < -0.4 is 10.6 Å². The molecule has 0 spiro atoms. The molecule has 2 rings (SSSR count). The lowest BCUT2D eigenvalue weighted by molar-refractivity contribution is 0.172. The van der Waals surface area contributed by atoms with Gasteiger partial charge in [-0.3, -0.25) is 0 Å². The number of urea groups is 1. The second-order valence-corrected chi connectivity index (χ2v) is 5.69. The monoisotopic (exact) mass is 328 g/mol. The molecule has 2 aromatic rings. The maximum Gasteiger partial charge on any atom is 0.315 e. The van der Waals surface area contributed by atoms with E-state index in [1.165, 1.54) is 0 Å². The average Bonchev–Trinajstić information content (AvgIpc) is 2.59. The molecule has 0 aliphatic rings. The van der Waals surface area contributed by atoms with Crippen LogP contribution in [0.25, 0.3) is 0 Å². The molecule has 0 saturated carbocycles. The van der Waals surface area contributed by atoms with Gasteiger partial charge < -0.3 is 20.5 Å².